The Kier molecular flexibility index (Phi) is 7.32. The fourth-order valence-electron chi connectivity index (χ4n) is 5.13. The third kappa shape index (κ3) is 4.91. The molecular formula is C26H29Cl2NO4. The first-order chi connectivity index (χ1) is 15.8. The lowest BCUT2D eigenvalue weighted by Crippen LogP contribution is -2.52. The standard InChI is InChI=1S/C26H29Cl2NO4/c1-2-26(15-23(30)31)25(32)29(16-17-8-4-3-5-9-17)22-13-12-18(27)14-20(22)24(33-26)19-10-6-7-11-21(19)28/h6-7,10-14,17,24H,2-5,8-9,15-16H2,1H3,(H,30,31). The molecule has 0 saturated heterocycles. The van der Waals surface area contributed by atoms with E-state index in [0.29, 0.717) is 33.8 Å². The van der Waals surface area contributed by atoms with Gasteiger partial charge in [0, 0.05) is 33.4 Å². The molecule has 2 atom stereocenters. The summed E-state index contributed by atoms with van der Waals surface area (Å²) in [4.78, 5) is 27.8. The van der Waals surface area contributed by atoms with Crippen molar-refractivity contribution in [2.45, 2.75) is 63.6 Å². The Bertz CT molecular complexity index is 1040. The molecule has 1 heterocycles. The Labute approximate surface area is 204 Å². The van der Waals surface area contributed by atoms with Crippen LogP contribution in [0.4, 0.5) is 5.69 Å². The van der Waals surface area contributed by atoms with Crippen molar-refractivity contribution >= 4 is 40.8 Å². The molecule has 4 rings (SSSR count). The summed E-state index contributed by atoms with van der Waals surface area (Å²) in [6.07, 6.45) is 4.69. The summed E-state index contributed by atoms with van der Waals surface area (Å²) >= 11 is 13.0. The molecule has 2 aliphatic rings. The number of anilines is 1. The quantitative estimate of drug-likeness (QED) is 0.492. The van der Waals surface area contributed by atoms with Gasteiger partial charge < -0.3 is 14.7 Å². The molecule has 2 aromatic rings. The lowest BCUT2D eigenvalue weighted by atomic mass is 9.87. The van der Waals surface area contributed by atoms with Crippen LogP contribution in [-0.2, 0) is 14.3 Å². The van der Waals surface area contributed by atoms with Crippen LogP contribution < -0.4 is 4.90 Å². The number of ether oxygens (including phenoxy) is 1. The molecule has 1 aliphatic heterocycles. The van der Waals surface area contributed by atoms with Crippen molar-refractivity contribution < 1.29 is 19.4 Å². The van der Waals surface area contributed by atoms with E-state index in [-0.39, 0.29) is 12.3 Å². The van der Waals surface area contributed by atoms with E-state index >= 15 is 0 Å². The van der Waals surface area contributed by atoms with E-state index in [1.165, 1.54) is 6.42 Å². The number of benzene rings is 2. The predicted octanol–water partition coefficient (Wildman–Crippen LogP) is 6.65. The van der Waals surface area contributed by atoms with Gasteiger partial charge in [-0.2, -0.15) is 0 Å². The monoisotopic (exact) mass is 489 g/mol. The molecule has 0 radical (unpaired) electrons. The van der Waals surface area contributed by atoms with E-state index in [1.807, 2.05) is 24.3 Å². The van der Waals surface area contributed by atoms with Gasteiger partial charge in [0.1, 0.15) is 6.10 Å². The largest absolute Gasteiger partial charge is 0.481 e. The maximum absolute atomic E-state index is 14.1. The summed E-state index contributed by atoms with van der Waals surface area (Å²) in [5.74, 6) is -1.02. The second kappa shape index (κ2) is 10.0. The van der Waals surface area contributed by atoms with Gasteiger partial charge in [-0.25, -0.2) is 0 Å². The number of fused-ring (bicyclic) bond motifs is 1. The highest BCUT2D eigenvalue weighted by Crippen LogP contribution is 2.46. The first kappa shape index (κ1) is 24.1. The van der Waals surface area contributed by atoms with Gasteiger partial charge in [-0.3, -0.25) is 9.59 Å². The van der Waals surface area contributed by atoms with Crippen molar-refractivity contribution in [3.05, 3.63) is 63.6 Å². The van der Waals surface area contributed by atoms with Crippen LogP contribution in [0.15, 0.2) is 42.5 Å². The van der Waals surface area contributed by atoms with Crippen LogP contribution in [0.2, 0.25) is 10.0 Å². The molecule has 0 spiro atoms. The predicted molar refractivity (Wildman–Crippen MR) is 130 cm³/mol. The van der Waals surface area contributed by atoms with Crippen LogP contribution in [0.5, 0.6) is 0 Å². The maximum atomic E-state index is 14.1. The number of aliphatic carboxylic acids is 1. The highest BCUT2D eigenvalue weighted by atomic mass is 35.5. The molecule has 1 amide bonds. The fraction of sp³-hybridized carbons (Fsp3) is 0.462. The van der Waals surface area contributed by atoms with Crippen LogP contribution in [0, 0.1) is 5.92 Å². The molecule has 176 valence electrons. The summed E-state index contributed by atoms with van der Waals surface area (Å²) in [6, 6.07) is 12.7. The van der Waals surface area contributed by atoms with Crippen LogP contribution in [-0.4, -0.2) is 29.1 Å². The van der Waals surface area contributed by atoms with Gasteiger partial charge in [0.15, 0.2) is 5.60 Å². The van der Waals surface area contributed by atoms with Crippen molar-refractivity contribution in [3.8, 4) is 0 Å². The summed E-state index contributed by atoms with van der Waals surface area (Å²) < 4.78 is 6.52. The third-order valence-electron chi connectivity index (χ3n) is 6.90. The van der Waals surface area contributed by atoms with Gasteiger partial charge in [-0.05, 0) is 49.4 Å². The smallest absolute Gasteiger partial charge is 0.306 e. The number of nitrogens with zero attached hydrogens (tertiary/aromatic N) is 1. The topological polar surface area (TPSA) is 66.8 Å². The molecule has 0 bridgehead atoms. The molecule has 33 heavy (non-hydrogen) atoms. The molecule has 7 heteroatoms. The van der Waals surface area contributed by atoms with Gasteiger partial charge in [-0.15, -0.1) is 0 Å². The van der Waals surface area contributed by atoms with Crippen LogP contribution >= 0.6 is 23.2 Å². The van der Waals surface area contributed by atoms with Crippen LogP contribution in [0.25, 0.3) is 0 Å². The van der Waals surface area contributed by atoms with E-state index in [1.54, 1.807) is 30.0 Å². The van der Waals surface area contributed by atoms with Crippen molar-refractivity contribution in [1.82, 2.24) is 0 Å². The minimum Gasteiger partial charge on any atom is -0.481 e. The first-order valence-electron chi connectivity index (χ1n) is 11.6. The van der Waals surface area contributed by atoms with Gasteiger partial charge in [-0.1, -0.05) is 67.6 Å². The maximum Gasteiger partial charge on any atom is 0.306 e. The van der Waals surface area contributed by atoms with Crippen molar-refractivity contribution in [3.63, 3.8) is 0 Å². The Morgan fingerprint density at radius 1 is 1.12 bits per heavy atom. The Morgan fingerprint density at radius 2 is 1.85 bits per heavy atom. The minimum absolute atomic E-state index is 0.224. The fourth-order valence-corrected chi connectivity index (χ4v) is 5.54. The lowest BCUT2D eigenvalue weighted by Gasteiger charge is -2.36. The summed E-state index contributed by atoms with van der Waals surface area (Å²) in [7, 11) is 0. The van der Waals surface area contributed by atoms with E-state index in [0.717, 1.165) is 31.2 Å². The molecule has 0 aromatic heterocycles. The highest BCUT2D eigenvalue weighted by molar-refractivity contribution is 6.31. The highest BCUT2D eigenvalue weighted by Gasteiger charge is 2.49. The van der Waals surface area contributed by atoms with Crippen molar-refractivity contribution in [1.29, 1.82) is 0 Å². The summed E-state index contributed by atoms with van der Waals surface area (Å²) in [6.45, 7) is 2.33. The normalized spacial score (nSPS) is 23.8. The van der Waals surface area contributed by atoms with E-state index in [2.05, 4.69) is 0 Å². The number of hydrogen-bond donors (Lipinski definition) is 1. The van der Waals surface area contributed by atoms with Gasteiger partial charge >= 0.3 is 5.97 Å². The molecule has 2 aromatic carbocycles. The SMILES string of the molecule is CCC1(CC(=O)O)OC(c2ccccc2Cl)c2cc(Cl)ccc2N(CC2CCCCC2)C1=O. The zero-order valence-corrected chi connectivity index (χ0v) is 20.2. The Balaban J connectivity index is 1.90. The van der Waals surface area contributed by atoms with E-state index in [9.17, 15) is 14.7 Å². The Hall–Kier alpha value is -2.08. The van der Waals surface area contributed by atoms with Gasteiger partial charge in [0.05, 0.1) is 6.42 Å². The number of carbonyl (C=O) groups is 2. The average molecular weight is 490 g/mol. The Morgan fingerprint density at radius 3 is 2.52 bits per heavy atom. The molecule has 1 aliphatic carbocycles. The third-order valence-corrected chi connectivity index (χ3v) is 7.48. The number of carboxylic acids is 1. The van der Waals surface area contributed by atoms with Gasteiger partial charge in [0.2, 0.25) is 0 Å². The van der Waals surface area contributed by atoms with Gasteiger partial charge in [0.25, 0.3) is 5.91 Å². The minimum atomic E-state index is -1.52. The summed E-state index contributed by atoms with van der Waals surface area (Å²) in [5, 5.41) is 10.8. The number of rotatable bonds is 6. The average Bonchev–Trinajstić information content (AvgIpc) is 2.89. The van der Waals surface area contributed by atoms with Crippen LogP contribution in [0.1, 0.15) is 69.1 Å². The molecule has 1 N–H and O–H groups in total. The van der Waals surface area contributed by atoms with E-state index < -0.39 is 24.1 Å². The number of hydrogen-bond acceptors (Lipinski definition) is 3. The molecule has 1 fully saturated rings. The lowest BCUT2D eigenvalue weighted by molar-refractivity contribution is -0.162. The molecule has 1 saturated carbocycles. The number of amides is 1. The number of carboxylic acid groups (broad SMARTS) is 1. The number of halogens is 2. The zero-order chi connectivity index (χ0) is 23.6. The second-order valence-corrected chi connectivity index (χ2v) is 9.90. The molecule has 2 unspecified atom stereocenters. The molecule has 5 nitrogen and oxygen atoms in total. The van der Waals surface area contributed by atoms with Crippen molar-refractivity contribution in [2.75, 3.05) is 11.4 Å². The second-order valence-electron chi connectivity index (χ2n) is 9.06. The number of carbonyl (C=O) groups excluding carboxylic acids is 1. The summed E-state index contributed by atoms with van der Waals surface area (Å²) in [5.41, 5.74) is 0.592. The van der Waals surface area contributed by atoms with Crippen LogP contribution in [0.3, 0.4) is 0 Å². The molecular weight excluding hydrogens is 461 g/mol. The van der Waals surface area contributed by atoms with Crippen molar-refractivity contribution in [2.24, 2.45) is 5.92 Å². The first-order valence-corrected chi connectivity index (χ1v) is 12.4. The zero-order valence-electron chi connectivity index (χ0n) is 18.7. The van der Waals surface area contributed by atoms with E-state index in [4.69, 9.17) is 27.9 Å².